The van der Waals surface area contributed by atoms with E-state index in [0.29, 0.717) is 29.0 Å². The van der Waals surface area contributed by atoms with E-state index in [4.69, 9.17) is 5.11 Å². The van der Waals surface area contributed by atoms with Crippen LogP contribution in [0.15, 0.2) is 16.7 Å². The fourth-order valence-electron chi connectivity index (χ4n) is 1.85. The molecule has 1 aromatic rings. The van der Waals surface area contributed by atoms with Gasteiger partial charge in [-0.25, -0.2) is 9.78 Å². The standard InChI is InChI=1S/C11H11BrN2O3S/c12-8-2-7(11(16)17)3-13-10(8)14-4-6(5-18)1-9(14)15/h2-3,6,18H,1,4-5H2,(H,16,17). The third-order valence-corrected chi connectivity index (χ3v) is 3.89. The maximum Gasteiger partial charge on any atom is 0.337 e. The van der Waals surface area contributed by atoms with Gasteiger partial charge in [0.05, 0.1) is 10.0 Å². The SMILES string of the molecule is O=C(O)c1cnc(N2CC(CS)CC2=O)c(Br)c1. The van der Waals surface area contributed by atoms with Gasteiger partial charge in [-0.3, -0.25) is 9.69 Å². The number of nitrogens with zero attached hydrogens (tertiary/aromatic N) is 2. The number of thiol groups is 1. The molecular formula is C11H11BrN2O3S. The van der Waals surface area contributed by atoms with Gasteiger partial charge in [-0.15, -0.1) is 0 Å². The zero-order valence-electron chi connectivity index (χ0n) is 9.34. The normalized spacial score (nSPS) is 19.3. The molecule has 0 aromatic carbocycles. The first-order valence-electron chi connectivity index (χ1n) is 5.33. The second-order valence-corrected chi connectivity index (χ2v) is 5.31. The largest absolute Gasteiger partial charge is 0.478 e. The van der Waals surface area contributed by atoms with Gasteiger partial charge in [0.2, 0.25) is 5.91 Å². The van der Waals surface area contributed by atoms with Crippen molar-refractivity contribution in [3.8, 4) is 0 Å². The van der Waals surface area contributed by atoms with Crippen LogP contribution >= 0.6 is 28.6 Å². The molecule has 0 radical (unpaired) electrons. The van der Waals surface area contributed by atoms with Crippen LogP contribution in [0.1, 0.15) is 16.8 Å². The van der Waals surface area contributed by atoms with Gasteiger partial charge >= 0.3 is 5.97 Å². The lowest BCUT2D eigenvalue weighted by Crippen LogP contribution is -2.26. The van der Waals surface area contributed by atoms with E-state index in [2.05, 4.69) is 33.5 Å². The van der Waals surface area contributed by atoms with Crippen molar-refractivity contribution in [1.82, 2.24) is 4.98 Å². The van der Waals surface area contributed by atoms with Gasteiger partial charge in [-0.2, -0.15) is 12.6 Å². The maximum absolute atomic E-state index is 11.8. The summed E-state index contributed by atoms with van der Waals surface area (Å²) in [7, 11) is 0. The summed E-state index contributed by atoms with van der Waals surface area (Å²) >= 11 is 7.45. The molecule has 1 aromatic heterocycles. The number of aromatic carboxylic acids is 1. The van der Waals surface area contributed by atoms with Crippen molar-refractivity contribution in [2.24, 2.45) is 5.92 Å². The Kier molecular flexibility index (Phi) is 3.91. The van der Waals surface area contributed by atoms with Crippen LogP contribution in [-0.2, 0) is 4.79 Å². The fraction of sp³-hybridized carbons (Fsp3) is 0.364. The minimum Gasteiger partial charge on any atom is -0.478 e. The molecule has 7 heteroatoms. The van der Waals surface area contributed by atoms with Gasteiger partial charge in [0.25, 0.3) is 0 Å². The number of carboxylic acid groups (broad SMARTS) is 1. The first-order valence-corrected chi connectivity index (χ1v) is 6.75. The molecule has 1 atom stereocenters. The second-order valence-electron chi connectivity index (χ2n) is 4.09. The highest BCUT2D eigenvalue weighted by atomic mass is 79.9. The lowest BCUT2D eigenvalue weighted by Gasteiger charge is -2.17. The molecule has 1 unspecified atom stereocenters. The van der Waals surface area contributed by atoms with Crippen LogP contribution in [0.2, 0.25) is 0 Å². The van der Waals surface area contributed by atoms with Crippen LogP contribution in [0, 0.1) is 5.92 Å². The van der Waals surface area contributed by atoms with Gasteiger partial charge < -0.3 is 5.11 Å². The lowest BCUT2D eigenvalue weighted by molar-refractivity contribution is -0.117. The third-order valence-electron chi connectivity index (χ3n) is 2.79. The predicted molar refractivity (Wildman–Crippen MR) is 73.2 cm³/mol. The number of rotatable bonds is 3. The maximum atomic E-state index is 11.8. The smallest absolute Gasteiger partial charge is 0.337 e. The Bertz CT molecular complexity index is 509. The predicted octanol–water partition coefficient (Wildman–Crippen LogP) is 1.82. The van der Waals surface area contributed by atoms with Crippen molar-refractivity contribution < 1.29 is 14.7 Å². The summed E-state index contributed by atoms with van der Waals surface area (Å²) < 4.78 is 0.510. The molecule has 96 valence electrons. The highest BCUT2D eigenvalue weighted by molar-refractivity contribution is 9.10. The van der Waals surface area contributed by atoms with Crippen molar-refractivity contribution in [2.75, 3.05) is 17.2 Å². The number of carboxylic acids is 1. The van der Waals surface area contributed by atoms with Crippen molar-refractivity contribution >= 4 is 46.3 Å². The quantitative estimate of drug-likeness (QED) is 0.829. The van der Waals surface area contributed by atoms with E-state index in [0.717, 1.165) is 0 Å². The zero-order chi connectivity index (χ0) is 13.3. The molecule has 1 fully saturated rings. The Labute approximate surface area is 118 Å². The summed E-state index contributed by atoms with van der Waals surface area (Å²) in [4.78, 5) is 28.2. The minimum absolute atomic E-state index is 0.00896. The molecular weight excluding hydrogens is 320 g/mol. The van der Waals surface area contributed by atoms with Crippen LogP contribution in [-0.4, -0.2) is 34.3 Å². The average molecular weight is 331 g/mol. The van der Waals surface area contributed by atoms with Crippen LogP contribution in [0.4, 0.5) is 5.82 Å². The molecule has 0 bridgehead atoms. The first kappa shape index (κ1) is 13.4. The molecule has 1 N–H and O–H groups in total. The molecule has 1 amide bonds. The van der Waals surface area contributed by atoms with E-state index in [1.807, 2.05) is 0 Å². The monoisotopic (exact) mass is 330 g/mol. The summed E-state index contributed by atoms with van der Waals surface area (Å²) in [5, 5.41) is 8.85. The van der Waals surface area contributed by atoms with Gasteiger partial charge in [-0.1, -0.05) is 0 Å². The molecule has 0 spiro atoms. The number of halogens is 1. The van der Waals surface area contributed by atoms with Crippen LogP contribution in [0.5, 0.6) is 0 Å². The minimum atomic E-state index is -1.05. The Morgan fingerprint density at radius 3 is 2.89 bits per heavy atom. The number of carbonyl (C=O) groups is 2. The molecule has 0 saturated carbocycles. The summed E-state index contributed by atoms with van der Waals surface area (Å²) in [6.45, 7) is 0.570. The van der Waals surface area contributed by atoms with E-state index in [1.54, 1.807) is 4.90 Å². The van der Waals surface area contributed by atoms with Crippen LogP contribution < -0.4 is 4.90 Å². The van der Waals surface area contributed by atoms with Gasteiger partial charge in [-0.05, 0) is 33.7 Å². The molecule has 0 aliphatic carbocycles. The highest BCUT2D eigenvalue weighted by Gasteiger charge is 2.31. The second kappa shape index (κ2) is 5.27. The van der Waals surface area contributed by atoms with Crippen molar-refractivity contribution in [2.45, 2.75) is 6.42 Å². The summed E-state index contributed by atoms with van der Waals surface area (Å²) in [5.74, 6) is 0.275. The average Bonchev–Trinajstić information content (AvgIpc) is 2.70. The van der Waals surface area contributed by atoms with Crippen molar-refractivity contribution in [3.63, 3.8) is 0 Å². The number of aromatic nitrogens is 1. The number of hydrogen-bond donors (Lipinski definition) is 2. The summed E-state index contributed by atoms with van der Waals surface area (Å²) in [6.07, 6.45) is 1.71. The fourth-order valence-corrected chi connectivity index (χ4v) is 2.66. The molecule has 2 rings (SSSR count). The van der Waals surface area contributed by atoms with Gasteiger partial charge in [0.15, 0.2) is 0 Å². The highest BCUT2D eigenvalue weighted by Crippen LogP contribution is 2.30. The Balaban J connectivity index is 2.29. The van der Waals surface area contributed by atoms with E-state index in [-0.39, 0.29) is 17.4 Å². The van der Waals surface area contributed by atoms with E-state index >= 15 is 0 Å². The number of pyridine rings is 1. The van der Waals surface area contributed by atoms with Crippen LogP contribution in [0.3, 0.4) is 0 Å². The molecule has 18 heavy (non-hydrogen) atoms. The Morgan fingerprint density at radius 1 is 1.67 bits per heavy atom. The molecule has 1 aliphatic rings. The number of hydrogen-bond acceptors (Lipinski definition) is 4. The Morgan fingerprint density at radius 2 is 2.39 bits per heavy atom. The molecule has 5 nitrogen and oxygen atoms in total. The van der Waals surface area contributed by atoms with E-state index in [1.165, 1.54) is 12.3 Å². The topological polar surface area (TPSA) is 70.5 Å². The summed E-state index contributed by atoms with van der Waals surface area (Å²) in [5.41, 5.74) is 0.0861. The number of anilines is 1. The Hall–Kier alpha value is -1.08. The van der Waals surface area contributed by atoms with Gasteiger partial charge in [0, 0.05) is 19.2 Å². The van der Waals surface area contributed by atoms with E-state index < -0.39 is 5.97 Å². The molecule has 1 saturated heterocycles. The summed E-state index contributed by atoms with van der Waals surface area (Å²) in [6, 6.07) is 1.45. The number of carbonyl (C=O) groups excluding carboxylic acids is 1. The van der Waals surface area contributed by atoms with E-state index in [9.17, 15) is 9.59 Å². The molecule has 2 heterocycles. The number of amides is 1. The first-order chi connectivity index (χ1) is 8.52. The zero-order valence-corrected chi connectivity index (χ0v) is 11.8. The van der Waals surface area contributed by atoms with Crippen molar-refractivity contribution in [1.29, 1.82) is 0 Å². The van der Waals surface area contributed by atoms with Gasteiger partial charge in [0.1, 0.15) is 5.82 Å². The van der Waals surface area contributed by atoms with Crippen LogP contribution in [0.25, 0.3) is 0 Å². The van der Waals surface area contributed by atoms with Crippen molar-refractivity contribution in [3.05, 3.63) is 22.3 Å². The molecule has 1 aliphatic heterocycles. The lowest BCUT2D eigenvalue weighted by atomic mass is 10.1. The third kappa shape index (κ3) is 2.51.